The van der Waals surface area contributed by atoms with Gasteiger partial charge in [0.25, 0.3) is 5.91 Å². The zero-order valence-corrected chi connectivity index (χ0v) is 16.8. The molecule has 7 heteroatoms. The fraction of sp³-hybridized carbons (Fsp3) is 0.381. The Balaban J connectivity index is 1.45. The van der Waals surface area contributed by atoms with Crippen molar-refractivity contribution >= 4 is 15.9 Å². The van der Waals surface area contributed by atoms with Gasteiger partial charge in [-0.3, -0.25) is 4.79 Å². The molecule has 0 bridgehead atoms. The summed E-state index contributed by atoms with van der Waals surface area (Å²) in [6.07, 6.45) is 0.863. The highest BCUT2D eigenvalue weighted by atomic mass is 32.2. The molecule has 1 N–H and O–H groups in total. The van der Waals surface area contributed by atoms with Crippen LogP contribution in [0.15, 0.2) is 65.6 Å². The molecular weight excluding hydrogens is 376 g/mol. The van der Waals surface area contributed by atoms with Crippen molar-refractivity contribution in [3.63, 3.8) is 0 Å². The lowest BCUT2D eigenvalue weighted by Gasteiger charge is -2.31. The summed E-state index contributed by atoms with van der Waals surface area (Å²) in [5.74, 6) is 0.753. The molecule has 0 aliphatic carbocycles. The fourth-order valence-electron chi connectivity index (χ4n) is 3.24. The summed E-state index contributed by atoms with van der Waals surface area (Å²) < 4.78 is 32.5. The van der Waals surface area contributed by atoms with Crippen molar-refractivity contribution in [1.29, 1.82) is 0 Å². The van der Waals surface area contributed by atoms with Crippen LogP contribution in [0.3, 0.4) is 0 Å². The number of rotatable bonds is 7. The second-order valence-corrected chi connectivity index (χ2v) is 8.92. The first-order valence-corrected chi connectivity index (χ1v) is 11.0. The van der Waals surface area contributed by atoms with Gasteiger partial charge in [0.1, 0.15) is 5.75 Å². The number of ether oxygens (including phenoxy) is 1. The summed E-state index contributed by atoms with van der Waals surface area (Å²) in [7, 11) is -3.44. The summed E-state index contributed by atoms with van der Waals surface area (Å²) in [6, 6.07) is 17.7. The highest BCUT2D eigenvalue weighted by Gasteiger charge is 2.29. The highest BCUT2D eigenvalue weighted by Crippen LogP contribution is 2.23. The highest BCUT2D eigenvalue weighted by molar-refractivity contribution is 7.89. The first-order chi connectivity index (χ1) is 13.5. The number of carbonyl (C=O) groups excluding carboxylic acids is 1. The number of benzene rings is 2. The van der Waals surface area contributed by atoms with Gasteiger partial charge >= 0.3 is 0 Å². The average molecular weight is 403 g/mol. The molecule has 0 radical (unpaired) electrons. The number of nitrogens with one attached hydrogen (secondary N) is 1. The molecule has 2 aromatic rings. The Morgan fingerprint density at radius 2 is 1.64 bits per heavy atom. The molecule has 6 nitrogen and oxygen atoms in total. The van der Waals surface area contributed by atoms with Crippen LogP contribution in [0.5, 0.6) is 5.75 Å². The number of sulfonamides is 1. The van der Waals surface area contributed by atoms with E-state index in [-0.39, 0.29) is 11.8 Å². The van der Waals surface area contributed by atoms with E-state index in [1.165, 1.54) is 4.31 Å². The van der Waals surface area contributed by atoms with Crippen LogP contribution in [-0.2, 0) is 14.8 Å². The number of hydrogen-bond donors (Lipinski definition) is 1. The van der Waals surface area contributed by atoms with E-state index < -0.39 is 16.1 Å². The predicted molar refractivity (Wildman–Crippen MR) is 107 cm³/mol. The van der Waals surface area contributed by atoms with E-state index in [2.05, 4.69) is 5.32 Å². The van der Waals surface area contributed by atoms with E-state index in [1.54, 1.807) is 37.3 Å². The SMILES string of the molecule is CC(Oc1ccccc1)C(=O)NCC1CCN(S(=O)(=O)c2ccccc2)CC1. The van der Waals surface area contributed by atoms with Crippen molar-refractivity contribution < 1.29 is 17.9 Å². The first kappa shape index (κ1) is 20.4. The molecule has 0 saturated carbocycles. The standard InChI is InChI=1S/C21H26N2O4S/c1-17(27-19-8-4-2-5-9-19)21(24)22-16-18-12-14-23(15-13-18)28(25,26)20-10-6-3-7-11-20/h2-11,17-18H,12-16H2,1H3,(H,22,24). The van der Waals surface area contributed by atoms with Gasteiger partial charge < -0.3 is 10.1 Å². The molecule has 1 saturated heterocycles. The lowest BCUT2D eigenvalue weighted by molar-refractivity contribution is -0.127. The molecule has 1 atom stereocenters. The Morgan fingerprint density at radius 3 is 2.25 bits per heavy atom. The third kappa shape index (κ3) is 5.11. The van der Waals surface area contributed by atoms with Crippen LogP contribution in [0.2, 0.25) is 0 Å². The predicted octanol–water partition coefficient (Wildman–Crippen LogP) is 2.67. The lowest BCUT2D eigenvalue weighted by atomic mass is 9.98. The summed E-state index contributed by atoms with van der Waals surface area (Å²) in [5.41, 5.74) is 0. The number of para-hydroxylation sites is 1. The van der Waals surface area contributed by atoms with Crippen molar-refractivity contribution in [3.05, 3.63) is 60.7 Å². The van der Waals surface area contributed by atoms with Crippen LogP contribution in [-0.4, -0.2) is 44.4 Å². The van der Waals surface area contributed by atoms with E-state index in [1.807, 2.05) is 30.3 Å². The lowest BCUT2D eigenvalue weighted by Crippen LogP contribution is -2.43. The van der Waals surface area contributed by atoms with Gasteiger partial charge in [-0.1, -0.05) is 36.4 Å². The average Bonchev–Trinajstić information content (AvgIpc) is 2.73. The van der Waals surface area contributed by atoms with Crippen LogP contribution in [0, 0.1) is 5.92 Å². The summed E-state index contributed by atoms with van der Waals surface area (Å²) in [6.45, 7) is 3.18. The molecule has 1 aliphatic rings. The monoisotopic (exact) mass is 402 g/mol. The molecule has 1 unspecified atom stereocenters. The van der Waals surface area contributed by atoms with E-state index in [0.29, 0.717) is 30.3 Å². The quantitative estimate of drug-likeness (QED) is 0.773. The zero-order chi connectivity index (χ0) is 20.0. The van der Waals surface area contributed by atoms with Gasteiger partial charge in [0.2, 0.25) is 10.0 Å². The normalized spacial score (nSPS) is 17.0. The molecule has 3 rings (SSSR count). The Bertz CT molecular complexity index is 864. The molecule has 0 spiro atoms. The summed E-state index contributed by atoms with van der Waals surface area (Å²) in [4.78, 5) is 12.6. The second kappa shape index (κ2) is 9.21. The molecule has 1 amide bonds. The van der Waals surface area contributed by atoms with Gasteiger partial charge in [-0.05, 0) is 49.9 Å². The van der Waals surface area contributed by atoms with E-state index in [9.17, 15) is 13.2 Å². The van der Waals surface area contributed by atoms with Crippen molar-refractivity contribution in [2.75, 3.05) is 19.6 Å². The van der Waals surface area contributed by atoms with Crippen LogP contribution in [0.1, 0.15) is 19.8 Å². The maximum Gasteiger partial charge on any atom is 0.260 e. The van der Waals surface area contributed by atoms with Crippen molar-refractivity contribution in [3.8, 4) is 5.75 Å². The third-order valence-corrected chi connectivity index (χ3v) is 6.86. The number of carbonyl (C=O) groups is 1. The van der Waals surface area contributed by atoms with E-state index in [0.717, 1.165) is 12.8 Å². The van der Waals surface area contributed by atoms with Crippen LogP contribution in [0.4, 0.5) is 0 Å². The maximum atomic E-state index is 12.7. The fourth-order valence-corrected chi connectivity index (χ4v) is 4.73. The van der Waals surface area contributed by atoms with Gasteiger partial charge in [0, 0.05) is 19.6 Å². The molecule has 150 valence electrons. The van der Waals surface area contributed by atoms with E-state index >= 15 is 0 Å². The van der Waals surface area contributed by atoms with Gasteiger partial charge in [-0.25, -0.2) is 8.42 Å². The molecule has 1 heterocycles. The molecular formula is C21H26N2O4S. The van der Waals surface area contributed by atoms with Gasteiger partial charge in [0.15, 0.2) is 6.10 Å². The molecule has 1 fully saturated rings. The summed E-state index contributed by atoms with van der Waals surface area (Å²) >= 11 is 0. The minimum Gasteiger partial charge on any atom is -0.481 e. The molecule has 2 aromatic carbocycles. The zero-order valence-electron chi connectivity index (χ0n) is 16.0. The maximum absolute atomic E-state index is 12.7. The first-order valence-electron chi connectivity index (χ1n) is 9.51. The summed E-state index contributed by atoms with van der Waals surface area (Å²) in [5, 5.41) is 2.93. The van der Waals surface area contributed by atoms with Crippen LogP contribution < -0.4 is 10.1 Å². The Hall–Kier alpha value is -2.38. The number of piperidine rings is 1. The molecule has 28 heavy (non-hydrogen) atoms. The largest absolute Gasteiger partial charge is 0.481 e. The number of hydrogen-bond acceptors (Lipinski definition) is 4. The molecule has 0 aromatic heterocycles. The van der Waals surface area contributed by atoms with E-state index in [4.69, 9.17) is 4.74 Å². The Labute approximate surface area is 166 Å². The van der Waals surface area contributed by atoms with Gasteiger partial charge in [0.05, 0.1) is 4.90 Å². The minimum absolute atomic E-state index is 0.164. The van der Waals surface area contributed by atoms with Crippen LogP contribution >= 0.6 is 0 Å². The number of amides is 1. The van der Waals surface area contributed by atoms with Gasteiger partial charge in [-0.15, -0.1) is 0 Å². The third-order valence-electron chi connectivity index (χ3n) is 4.94. The van der Waals surface area contributed by atoms with Crippen molar-refractivity contribution in [2.45, 2.75) is 30.8 Å². The minimum atomic E-state index is -3.44. The Morgan fingerprint density at radius 1 is 1.07 bits per heavy atom. The van der Waals surface area contributed by atoms with Crippen LogP contribution in [0.25, 0.3) is 0 Å². The van der Waals surface area contributed by atoms with Gasteiger partial charge in [-0.2, -0.15) is 4.31 Å². The second-order valence-electron chi connectivity index (χ2n) is 6.98. The molecule has 1 aliphatic heterocycles. The Kier molecular flexibility index (Phi) is 6.70. The smallest absolute Gasteiger partial charge is 0.260 e. The number of nitrogens with zero attached hydrogens (tertiary/aromatic N) is 1. The van der Waals surface area contributed by atoms with Crippen molar-refractivity contribution in [2.24, 2.45) is 5.92 Å². The van der Waals surface area contributed by atoms with Crippen molar-refractivity contribution in [1.82, 2.24) is 9.62 Å². The topological polar surface area (TPSA) is 75.7 Å².